The lowest BCUT2D eigenvalue weighted by Crippen LogP contribution is -2.19. The summed E-state index contributed by atoms with van der Waals surface area (Å²) in [6.45, 7) is 10.2. The first-order chi connectivity index (χ1) is 7.60. The van der Waals surface area contributed by atoms with E-state index in [0.29, 0.717) is 17.5 Å². The van der Waals surface area contributed by atoms with Gasteiger partial charge < -0.3 is 4.74 Å². The number of cyclic esters (lactones) is 1. The van der Waals surface area contributed by atoms with Gasteiger partial charge in [-0.1, -0.05) is 34.6 Å². The van der Waals surface area contributed by atoms with Gasteiger partial charge in [0.15, 0.2) is 11.6 Å². The van der Waals surface area contributed by atoms with Crippen molar-refractivity contribution in [1.82, 2.24) is 5.32 Å². The molecule has 1 aliphatic rings. The lowest BCUT2D eigenvalue weighted by molar-refractivity contribution is 0.194. The number of nitrogens with zero attached hydrogens (tertiary/aromatic N) is 1. The molecule has 4 nitrogen and oxygen atoms in total. The van der Waals surface area contributed by atoms with Crippen LogP contribution in [0.2, 0.25) is 0 Å². The van der Waals surface area contributed by atoms with E-state index in [2.05, 4.69) is 24.2 Å². The van der Waals surface area contributed by atoms with Gasteiger partial charge in [-0.15, -0.1) is 0 Å². The number of hydrogen-bond acceptors (Lipinski definition) is 3. The van der Waals surface area contributed by atoms with E-state index in [0.717, 1.165) is 12.0 Å². The quantitative estimate of drug-likeness (QED) is 0.786. The minimum Gasteiger partial charge on any atom is -0.406 e. The van der Waals surface area contributed by atoms with Crippen LogP contribution in [0, 0.1) is 5.92 Å². The fourth-order valence-corrected chi connectivity index (χ4v) is 1.53. The summed E-state index contributed by atoms with van der Waals surface area (Å²) >= 11 is 0. The zero-order chi connectivity index (χ0) is 12.7. The predicted molar refractivity (Wildman–Crippen MR) is 66.5 cm³/mol. The summed E-state index contributed by atoms with van der Waals surface area (Å²) in [5.41, 5.74) is 1.11. The van der Waals surface area contributed by atoms with Crippen LogP contribution in [-0.4, -0.2) is 19.0 Å². The van der Waals surface area contributed by atoms with Crippen molar-refractivity contribution in [3.8, 4) is 0 Å². The van der Waals surface area contributed by atoms with Gasteiger partial charge >= 0.3 is 6.09 Å². The molecule has 1 rings (SSSR count). The summed E-state index contributed by atoms with van der Waals surface area (Å²) in [4.78, 5) is 15.0. The third-order valence-corrected chi connectivity index (χ3v) is 2.22. The highest BCUT2D eigenvalue weighted by Gasteiger charge is 2.27. The Morgan fingerprint density at radius 3 is 2.38 bits per heavy atom. The van der Waals surface area contributed by atoms with Gasteiger partial charge in [-0.2, -0.15) is 0 Å². The lowest BCUT2D eigenvalue weighted by atomic mass is 9.99. The highest BCUT2D eigenvalue weighted by Crippen LogP contribution is 2.22. The lowest BCUT2D eigenvalue weighted by Gasteiger charge is -2.10. The van der Waals surface area contributed by atoms with E-state index in [9.17, 15) is 4.79 Å². The summed E-state index contributed by atoms with van der Waals surface area (Å²) in [7, 11) is 1.64. The van der Waals surface area contributed by atoms with Crippen LogP contribution in [0.25, 0.3) is 0 Å². The number of carbonyl (C=O) groups excluding carboxylic acids is 1. The van der Waals surface area contributed by atoms with Crippen molar-refractivity contribution in [3.05, 3.63) is 11.3 Å². The summed E-state index contributed by atoms with van der Waals surface area (Å²) in [6.07, 6.45) is 0.424. The molecular weight excluding hydrogens is 204 g/mol. The van der Waals surface area contributed by atoms with Crippen molar-refractivity contribution in [3.63, 3.8) is 0 Å². The number of amidine groups is 1. The molecule has 1 aliphatic heterocycles. The van der Waals surface area contributed by atoms with Crippen LogP contribution >= 0.6 is 0 Å². The first-order valence-electron chi connectivity index (χ1n) is 5.79. The number of alkyl carbamates (subject to hydrolysis) is 1. The first-order valence-corrected chi connectivity index (χ1v) is 5.79. The third-order valence-electron chi connectivity index (χ3n) is 2.22. The van der Waals surface area contributed by atoms with Crippen LogP contribution < -0.4 is 5.32 Å². The van der Waals surface area contributed by atoms with Crippen LogP contribution in [0.15, 0.2) is 16.3 Å². The minimum absolute atomic E-state index is 0.361. The van der Waals surface area contributed by atoms with E-state index in [-0.39, 0.29) is 0 Å². The van der Waals surface area contributed by atoms with Crippen molar-refractivity contribution in [1.29, 1.82) is 0 Å². The summed E-state index contributed by atoms with van der Waals surface area (Å²) in [6, 6.07) is 0. The van der Waals surface area contributed by atoms with Crippen molar-refractivity contribution >= 4 is 11.9 Å². The van der Waals surface area contributed by atoms with Gasteiger partial charge in [0.2, 0.25) is 0 Å². The molecule has 0 radical (unpaired) electrons. The molecular formula is C12H22N2O2. The molecule has 0 unspecified atom stereocenters. The Morgan fingerprint density at radius 2 is 2.00 bits per heavy atom. The fourth-order valence-electron chi connectivity index (χ4n) is 1.53. The minimum atomic E-state index is -0.438. The average molecular weight is 226 g/mol. The molecule has 92 valence electrons. The largest absolute Gasteiger partial charge is 0.418 e. The van der Waals surface area contributed by atoms with E-state index in [1.165, 1.54) is 0 Å². The van der Waals surface area contributed by atoms with E-state index in [1.807, 2.05) is 20.8 Å². The van der Waals surface area contributed by atoms with Gasteiger partial charge in [-0.25, -0.2) is 4.79 Å². The highest BCUT2D eigenvalue weighted by atomic mass is 16.6. The van der Waals surface area contributed by atoms with Gasteiger partial charge in [-0.3, -0.25) is 10.3 Å². The number of aliphatic imine (C=N–C) groups is 1. The van der Waals surface area contributed by atoms with E-state index in [1.54, 1.807) is 7.05 Å². The molecule has 1 amide bonds. The molecule has 0 saturated carbocycles. The highest BCUT2D eigenvalue weighted by molar-refractivity contribution is 6.11. The standard InChI is InChI=1S/C10H16N2O2.C2H6/c1-5-7(6(2)3)8-9(11-4)12-10(13)14-8;1-2/h6H,5H2,1-4H3,(H,11,12,13);1-2H3/b8-7-;. The number of amides is 1. The zero-order valence-corrected chi connectivity index (χ0v) is 11.0. The molecule has 1 saturated heterocycles. The van der Waals surface area contributed by atoms with Crippen molar-refractivity contribution in [2.24, 2.45) is 10.9 Å². The van der Waals surface area contributed by atoms with E-state index >= 15 is 0 Å². The Morgan fingerprint density at radius 1 is 1.44 bits per heavy atom. The average Bonchev–Trinajstić information content (AvgIpc) is 2.63. The number of allylic oxidation sites excluding steroid dienone is 1. The predicted octanol–water partition coefficient (Wildman–Crippen LogP) is 3.10. The number of nitrogens with one attached hydrogen (secondary N) is 1. The third kappa shape index (κ3) is 3.36. The smallest absolute Gasteiger partial charge is 0.406 e. The van der Waals surface area contributed by atoms with Crippen molar-refractivity contribution in [2.75, 3.05) is 7.05 Å². The molecule has 16 heavy (non-hydrogen) atoms. The summed E-state index contributed by atoms with van der Waals surface area (Å²) < 4.78 is 5.08. The Labute approximate surface area is 97.8 Å². The number of carbonyl (C=O) groups is 1. The van der Waals surface area contributed by atoms with Crippen molar-refractivity contribution < 1.29 is 9.53 Å². The second-order valence-electron chi connectivity index (χ2n) is 3.45. The second-order valence-corrected chi connectivity index (χ2v) is 3.45. The molecule has 0 aliphatic carbocycles. The molecule has 1 heterocycles. The number of ether oxygens (including phenoxy) is 1. The van der Waals surface area contributed by atoms with Crippen LogP contribution in [0.1, 0.15) is 41.0 Å². The normalized spacial score (nSPS) is 20.2. The maximum atomic E-state index is 11.0. The summed E-state index contributed by atoms with van der Waals surface area (Å²) in [5.74, 6) is 1.51. The molecule has 0 aromatic rings. The fraction of sp³-hybridized carbons (Fsp3) is 0.667. The van der Waals surface area contributed by atoms with E-state index in [4.69, 9.17) is 4.74 Å². The molecule has 1 N–H and O–H groups in total. The molecule has 0 spiro atoms. The van der Waals surface area contributed by atoms with Gasteiger partial charge in [0, 0.05) is 7.05 Å². The molecule has 0 bridgehead atoms. The number of hydrogen-bond donors (Lipinski definition) is 1. The second kappa shape index (κ2) is 7.04. The zero-order valence-electron chi connectivity index (χ0n) is 11.0. The van der Waals surface area contributed by atoms with Crippen LogP contribution in [0.3, 0.4) is 0 Å². The molecule has 0 aromatic carbocycles. The monoisotopic (exact) mass is 226 g/mol. The molecule has 1 fully saturated rings. The molecule has 4 heteroatoms. The SMILES string of the molecule is CC.CC/C(=C1/OC(=O)NC1=NC)C(C)C. The number of rotatable bonds is 2. The van der Waals surface area contributed by atoms with Gasteiger partial charge in [0.05, 0.1) is 0 Å². The van der Waals surface area contributed by atoms with Gasteiger partial charge in [-0.05, 0) is 17.9 Å². The van der Waals surface area contributed by atoms with Gasteiger partial charge in [0.1, 0.15) is 0 Å². The van der Waals surface area contributed by atoms with Crippen LogP contribution in [0.5, 0.6) is 0 Å². The van der Waals surface area contributed by atoms with Crippen LogP contribution in [0.4, 0.5) is 4.79 Å². The van der Waals surface area contributed by atoms with Gasteiger partial charge in [0.25, 0.3) is 0 Å². The maximum absolute atomic E-state index is 11.0. The van der Waals surface area contributed by atoms with E-state index < -0.39 is 6.09 Å². The Balaban J connectivity index is 0.00000106. The Bertz CT molecular complexity index is 304. The topological polar surface area (TPSA) is 50.7 Å². The Kier molecular flexibility index (Phi) is 6.46. The first kappa shape index (κ1) is 14.7. The van der Waals surface area contributed by atoms with Crippen LogP contribution in [-0.2, 0) is 4.74 Å². The molecule has 0 atom stereocenters. The maximum Gasteiger partial charge on any atom is 0.418 e. The van der Waals surface area contributed by atoms with Crippen molar-refractivity contribution in [2.45, 2.75) is 41.0 Å². The Hall–Kier alpha value is -1.32. The molecule has 0 aromatic heterocycles. The summed E-state index contributed by atoms with van der Waals surface area (Å²) in [5, 5.41) is 2.55.